The Kier molecular flexibility index (Phi) is 6.48. The Balaban J connectivity index is 1.74. The van der Waals surface area contributed by atoms with Crippen LogP contribution in [0.1, 0.15) is 39.3 Å². The van der Waals surface area contributed by atoms with Gasteiger partial charge in [0.15, 0.2) is 0 Å². The summed E-state index contributed by atoms with van der Waals surface area (Å²) in [6.45, 7) is 1.56. The number of hydrogen-bond acceptors (Lipinski definition) is 5. The maximum absolute atomic E-state index is 13.4. The number of carbonyl (C=O) groups excluding carboxylic acids is 2. The largest absolute Gasteiger partial charge is 0.396 e. The Morgan fingerprint density at radius 3 is 2.81 bits per heavy atom. The number of rotatable bonds is 6. The van der Waals surface area contributed by atoms with Crippen molar-refractivity contribution in [1.29, 1.82) is 0 Å². The molecule has 1 aromatic carbocycles. The molecule has 3 aromatic rings. The Morgan fingerprint density at radius 1 is 1.31 bits per heavy atom. The molecular weight excluding hydrogens is 415 g/mol. The number of nitrogens with zero attached hydrogens (tertiary/aromatic N) is 3. The molecule has 1 saturated heterocycles. The van der Waals surface area contributed by atoms with E-state index >= 15 is 0 Å². The highest BCUT2D eigenvalue weighted by Crippen LogP contribution is 2.26. The number of aromatic nitrogens is 2. The van der Waals surface area contributed by atoms with Crippen LogP contribution in [0.5, 0.6) is 0 Å². The van der Waals surface area contributed by atoms with Gasteiger partial charge in [0.2, 0.25) is 0 Å². The number of nitrogens with one attached hydrogen (secondary N) is 1. The summed E-state index contributed by atoms with van der Waals surface area (Å²) in [5.74, 6) is -0.932. The monoisotopic (exact) mass is 440 g/mol. The molecule has 3 heterocycles. The van der Waals surface area contributed by atoms with Crippen LogP contribution in [-0.4, -0.2) is 58.2 Å². The molecule has 2 N–H and O–H groups in total. The second-order valence-corrected chi connectivity index (χ2v) is 7.96. The first-order valence-corrected chi connectivity index (χ1v) is 10.5. The zero-order valence-electron chi connectivity index (χ0n) is 17.8. The summed E-state index contributed by atoms with van der Waals surface area (Å²) in [5, 5.41) is 10.1. The minimum atomic E-state index is -0.516. The van der Waals surface area contributed by atoms with E-state index in [0.29, 0.717) is 36.1 Å². The molecule has 0 bridgehead atoms. The number of halogens is 1. The van der Waals surface area contributed by atoms with E-state index < -0.39 is 5.91 Å². The summed E-state index contributed by atoms with van der Waals surface area (Å²) in [7, 11) is 1.33. The summed E-state index contributed by atoms with van der Waals surface area (Å²) in [6, 6.07) is 7.73. The minimum absolute atomic E-state index is 0.0430. The highest BCUT2D eigenvalue weighted by molar-refractivity contribution is 6.08. The van der Waals surface area contributed by atoms with Crippen LogP contribution < -0.4 is 5.48 Å². The van der Waals surface area contributed by atoms with Crippen LogP contribution in [0.3, 0.4) is 0 Å². The molecule has 2 amide bonds. The van der Waals surface area contributed by atoms with Crippen molar-refractivity contribution >= 4 is 22.7 Å². The van der Waals surface area contributed by atoms with Crippen LogP contribution in [0.25, 0.3) is 10.9 Å². The molecule has 9 heteroatoms. The van der Waals surface area contributed by atoms with Crippen LogP contribution in [0, 0.1) is 11.7 Å². The smallest absolute Gasteiger partial charge is 0.293 e. The van der Waals surface area contributed by atoms with Crippen LogP contribution in [0.2, 0.25) is 0 Å². The predicted octanol–water partition coefficient (Wildman–Crippen LogP) is 2.36. The molecule has 168 valence electrons. The molecular formula is C23H25FN4O4. The number of hydroxylamine groups is 1. The number of pyridine rings is 1. The zero-order valence-corrected chi connectivity index (χ0v) is 17.8. The second-order valence-electron chi connectivity index (χ2n) is 7.96. The Labute approximate surface area is 184 Å². The summed E-state index contributed by atoms with van der Waals surface area (Å²) in [5.41, 5.74) is 4.36. The molecule has 0 spiro atoms. The van der Waals surface area contributed by atoms with Crippen LogP contribution in [-0.2, 0) is 11.4 Å². The third kappa shape index (κ3) is 4.49. The summed E-state index contributed by atoms with van der Waals surface area (Å²) in [6.07, 6.45) is 5.01. The Morgan fingerprint density at radius 2 is 2.09 bits per heavy atom. The van der Waals surface area contributed by atoms with Gasteiger partial charge in [0.05, 0.1) is 24.4 Å². The Hall–Kier alpha value is -3.30. The van der Waals surface area contributed by atoms with Gasteiger partial charge < -0.3 is 14.6 Å². The molecule has 0 radical (unpaired) electrons. The van der Waals surface area contributed by atoms with E-state index in [-0.39, 0.29) is 29.9 Å². The first kappa shape index (κ1) is 21.9. The van der Waals surface area contributed by atoms with E-state index in [2.05, 4.69) is 15.3 Å². The van der Waals surface area contributed by atoms with Crippen molar-refractivity contribution in [2.24, 2.45) is 5.92 Å². The van der Waals surface area contributed by atoms with Crippen molar-refractivity contribution < 1.29 is 23.9 Å². The standard InChI is InChI=1S/C23H25FN4O4/c1-32-26-22(30)20-9-18-19(23(31)27-8-2-3-16(12-27)14-29)13-28(21(18)10-25-20)11-15-4-6-17(24)7-5-15/h4-7,9-10,13,16,29H,2-3,8,11-12,14H2,1H3,(H,26,30). The van der Waals surface area contributed by atoms with Gasteiger partial charge in [0.1, 0.15) is 11.5 Å². The van der Waals surface area contributed by atoms with Gasteiger partial charge in [0, 0.05) is 37.8 Å². The molecule has 2 aromatic heterocycles. The normalized spacial score (nSPS) is 16.3. The van der Waals surface area contributed by atoms with Gasteiger partial charge in [-0.1, -0.05) is 12.1 Å². The lowest BCUT2D eigenvalue weighted by molar-refractivity contribution is 0.0532. The number of benzene rings is 1. The minimum Gasteiger partial charge on any atom is -0.396 e. The number of amides is 2. The number of likely N-dealkylation sites (tertiary alicyclic amines) is 1. The lowest BCUT2D eigenvalue weighted by Gasteiger charge is -2.31. The van der Waals surface area contributed by atoms with Gasteiger partial charge in [-0.05, 0) is 42.5 Å². The van der Waals surface area contributed by atoms with Gasteiger partial charge >= 0.3 is 0 Å². The number of hydrogen-bond donors (Lipinski definition) is 2. The fourth-order valence-corrected chi connectivity index (χ4v) is 4.11. The van der Waals surface area contributed by atoms with Gasteiger partial charge in [-0.15, -0.1) is 0 Å². The van der Waals surface area contributed by atoms with Crippen molar-refractivity contribution in [3.8, 4) is 0 Å². The van der Waals surface area contributed by atoms with Crippen molar-refractivity contribution in [3.63, 3.8) is 0 Å². The average Bonchev–Trinajstić information content (AvgIpc) is 3.17. The van der Waals surface area contributed by atoms with Crippen molar-refractivity contribution in [2.75, 3.05) is 26.8 Å². The third-order valence-corrected chi connectivity index (χ3v) is 5.76. The fourth-order valence-electron chi connectivity index (χ4n) is 4.11. The molecule has 4 rings (SSSR count). The summed E-state index contributed by atoms with van der Waals surface area (Å²) >= 11 is 0. The van der Waals surface area contributed by atoms with Crippen LogP contribution in [0.4, 0.5) is 4.39 Å². The van der Waals surface area contributed by atoms with Crippen LogP contribution >= 0.6 is 0 Å². The van der Waals surface area contributed by atoms with Gasteiger partial charge in [0.25, 0.3) is 11.8 Å². The molecule has 0 aliphatic carbocycles. The first-order chi connectivity index (χ1) is 15.5. The average molecular weight is 440 g/mol. The van der Waals surface area contributed by atoms with Gasteiger partial charge in [-0.3, -0.25) is 14.4 Å². The fraction of sp³-hybridized carbons (Fsp3) is 0.348. The highest BCUT2D eigenvalue weighted by Gasteiger charge is 2.27. The topological polar surface area (TPSA) is 96.7 Å². The molecule has 1 aliphatic heterocycles. The van der Waals surface area contributed by atoms with E-state index in [1.165, 1.54) is 19.2 Å². The molecule has 1 unspecified atom stereocenters. The SMILES string of the molecule is CONC(=O)c1cc2c(C(=O)N3CCCC(CO)C3)cn(Cc3ccc(F)cc3)c2cn1. The molecule has 1 aliphatic rings. The van der Waals surface area contributed by atoms with Crippen molar-refractivity contribution in [1.82, 2.24) is 19.9 Å². The van der Waals surface area contributed by atoms with Crippen LogP contribution in [0.15, 0.2) is 42.7 Å². The quantitative estimate of drug-likeness (QED) is 0.574. The number of carbonyl (C=O) groups is 2. The maximum atomic E-state index is 13.4. The molecule has 32 heavy (non-hydrogen) atoms. The molecule has 1 fully saturated rings. The van der Waals surface area contributed by atoms with Gasteiger partial charge in [-0.2, -0.15) is 0 Å². The van der Waals surface area contributed by atoms with Crippen molar-refractivity contribution in [3.05, 3.63) is 65.4 Å². The number of fused-ring (bicyclic) bond motifs is 1. The molecule has 0 saturated carbocycles. The lowest BCUT2D eigenvalue weighted by atomic mass is 9.98. The summed E-state index contributed by atoms with van der Waals surface area (Å²) in [4.78, 5) is 36.3. The van der Waals surface area contributed by atoms with E-state index in [0.717, 1.165) is 18.4 Å². The van der Waals surface area contributed by atoms with E-state index in [1.807, 2.05) is 4.57 Å². The Bertz CT molecular complexity index is 1130. The highest BCUT2D eigenvalue weighted by atomic mass is 19.1. The van der Waals surface area contributed by atoms with Gasteiger partial charge in [-0.25, -0.2) is 14.9 Å². The summed E-state index contributed by atoms with van der Waals surface area (Å²) < 4.78 is 15.2. The van der Waals surface area contributed by atoms with E-state index in [9.17, 15) is 19.1 Å². The lowest BCUT2D eigenvalue weighted by Crippen LogP contribution is -2.40. The molecule has 8 nitrogen and oxygen atoms in total. The third-order valence-electron chi connectivity index (χ3n) is 5.76. The number of aliphatic hydroxyl groups is 1. The molecule has 1 atom stereocenters. The van der Waals surface area contributed by atoms with Crippen molar-refractivity contribution in [2.45, 2.75) is 19.4 Å². The number of aliphatic hydroxyl groups excluding tert-OH is 1. The van der Waals surface area contributed by atoms with E-state index in [4.69, 9.17) is 0 Å². The second kappa shape index (κ2) is 9.46. The zero-order chi connectivity index (χ0) is 22.7. The maximum Gasteiger partial charge on any atom is 0.293 e. The first-order valence-electron chi connectivity index (χ1n) is 10.5. The number of piperidine rings is 1. The predicted molar refractivity (Wildman–Crippen MR) is 115 cm³/mol. The van der Waals surface area contributed by atoms with E-state index in [1.54, 1.807) is 35.5 Å².